The topological polar surface area (TPSA) is 52.1 Å². The van der Waals surface area contributed by atoms with Gasteiger partial charge in [-0.1, -0.05) is 32.0 Å². The third kappa shape index (κ3) is 6.84. The van der Waals surface area contributed by atoms with Crippen LogP contribution in [0.2, 0.25) is 0 Å². The Labute approximate surface area is 158 Å². The van der Waals surface area contributed by atoms with Gasteiger partial charge in [0.05, 0.1) is 6.54 Å². The summed E-state index contributed by atoms with van der Waals surface area (Å²) >= 11 is 0. The summed E-state index contributed by atoms with van der Waals surface area (Å²) in [6, 6.07) is 10.4. The van der Waals surface area contributed by atoms with Gasteiger partial charge in [-0.25, -0.2) is 0 Å². The molecular formula is C20H35N5O. The summed E-state index contributed by atoms with van der Waals surface area (Å²) in [5.74, 6) is 2.33. The van der Waals surface area contributed by atoms with Crippen molar-refractivity contribution in [2.75, 3.05) is 60.0 Å². The average Bonchev–Trinajstić information content (AvgIpc) is 2.65. The highest BCUT2D eigenvalue weighted by Gasteiger charge is 2.24. The van der Waals surface area contributed by atoms with Crippen LogP contribution >= 0.6 is 0 Å². The number of rotatable bonds is 8. The van der Waals surface area contributed by atoms with Gasteiger partial charge < -0.3 is 20.3 Å². The van der Waals surface area contributed by atoms with Gasteiger partial charge >= 0.3 is 0 Å². The van der Waals surface area contributed by atoms with E-state index >= 15 is 0 Å². The van der Waals surface area contributed by atoms with Gasteiger partial charge in [-0.05, 0) is 25.1 Å². The summed E-state index contributed by atoms with van der Waals surface area (Å²) in [5, 5.41) is 6.82. The average molecular weight is 362 g/mol. The zero-order valence-corrected chi connectivity index (χ0v) is 16.7. The number of nitrogens with one attached hydrogen (secondary N) is 2. The van der Waals surface area contributed by atoms with Crippen LogP contribution in [0.15, 0.2) is 35.3 Å². The molecule has 146 valence electrons. The molecular weight excluding hydrogens is 326 g/mol. The number of benzene rings is 1. The molecule has 1 aromatic carbocycles. The molecule has 1 aliphatic rings. The van der Waals surface area contributed by atoms with Crippen LogP contribution in [0, 0.1) is 5.92 Å². The lowest BCUT2D eigenvalue weighted by atomic mass is 10.0. The minimum Gasteiger partial charge on any atom is -0.492 e. The summed E-state index contributed by atoms with van der Waals surface area (Å²) in [4.78, 5) is 9.33. The van der Waals surface area contributed by atoms with Crippen molar-refractivity contribution in [1.29, 1.82) is 0 Å². The number of para-hydroxylation sites is 1. The summed E-state index contributed by atoms with van der Waals surface area (Å²) in [6.45, 7) is 11.4. The normalized spacial score (nSPS) is 18.0. The summed E-state index contributed by atoms with van der Waals surface area (Å²) < 4.78 is 5.71. The SMILES string of the molecule is CN=C(NCCOc1ccccc1)NCC(C(C)C)N1CCN(C)CC1. The molecule has 1 fully saturated rings. The number of ether oxygens (including phenoxy) is 1. The lowest BCUT2D eigenvalue weighted by Crippen LogP contribution is -2.55. The summed E-state index contributed by atoms with van der Waals surface area (Å²) in [6.07, 6.45) is 0. The second-order valence-electron chi connectivity index (χ2n) is 7.19. The Bertz CT molecular complexity index is 526. The fourth-order valence-corrected chi connectivity index (χ4v) is 3.22. The van der Waals surface area contributed by atoms with Gasteiger partial charge in [-0.15, -0.1) is 0 Å². The van der Waals surface area contributed by atoms with E-state index < -0.39 is 0 Å². The molecule has 6 nitrogen and oxygen atoms in total. The maximum absolute atomic E-state index is 5.71. The Hall–Kier alpha value is -1.79. The van der Waals surface area contributed by atoms with Gasteiger partial charge in [0.25, 0.3) is 0 Å². The van der Waals surface area contributed by atoms with E-state index in [9.17, 15) is 0 Å². The van der Waals surface area contributed by atoms with E-state index in [-0.39, 0.29) is 0 Å². The zero-order chi connectivity index (χ0) is 18.8. The molecule has 0 aromatic heterocycles. The maximum Gasteiger partial charge on any atom is 0.191 e. The van der Waals surface area contributed by atoms with Crippen molar-refractivity contribution in [2.45, 2.75) is 19.9 Å². The number of aliphatic imine (C=N–C) groups is 1. The highest BCUT2D eigenvalue weighted by Crippen LogP contribution is 2.12. The molecule has 0 radical (unpaired) electrons. The molecule has 2 N–H and O–H groups in total. The number of piperazine rings is 1. The highest BCUT2D eigenvalue weighted by molar-refractivity contribution is 5.79. The van der Waals surface area contributed by atoms with Crippen molar-refractivity contribution in [1.82, 2.24) is 20.4 Å². The number of hydrogen-bond acceptors (Lipinski definition) is 4. The molecule has 1 heterocycles. The van der Waals surface area contributed by atoms with Crippen molar-refractivity contribution >= 4 is 5.96 Å². The van der Waals surface area contributed by atoms with Crippen molar-refractivity contribution < 1.29 is 4.74 Å². The first-order valence-corrected chi connectivity index (χ1v) is 9.65. The molecule has 0 bridgehead atoms. The predicted molar refractivity (Wildman–Crippen MR) is 109 cm³/mol. The van der Waals surface area contributed by atoms with Gasteiger partial charge in [0.15, 0.2) is 5.96 Å². The standard InChI is InChI=1S/C20H35N5O/c1-17(2)19(25-13-11-24(4)12-14-25)16-23-20(21-3)22-10-15-26-18-8-6-5-7-9-18/h5-9,17,19H,10-16H2,1-4H3,(H2,21,22,23). The van der Waals surface area contributed by atoms with Crippen molar-refractivity contribution in [3.05, 3.63) is 30.3 Å². The molecule has 1 atom stereocenters. The third-order valence-corrected chi connectivity index (χ3v) is 4.89. The quantitative estimate of drug-likeness (QED) is 0.418. The van der Waals surface area contributed by atoms with Crippen LogP contribution in [-0.4, -0.2) is 81.8 Å². The molecule has 0 saturated carbocycles. The lowest BCUT2D eigenvalue weighted by molar-refractivity contribution is 0.0900. The Morgan fingerprint density at radius 1 is 1.12 bits per heavy atom. The highest BCUT2D eigenvalue weighted by atomic mass is 16.5. The second-order valence-corrected chi connectivity index (χ2v) is 7.19. The Kier molecular flexibility index (Phi) is 8.71. The van der Waals surface area contributed by atoms with Crippen molar-refractivity contribution in [3.8, 4) is 5.75 Å². The molecule has 1 aromatic rings. The molecule has 26 heavy (non-hydrogen) atoms. The number of likely N-dealkylation sites (N-methyl/N-ethyl adjacent to an activating group) is 1. The van der Waals surface area contributed by atoms with E-state index in [4.69, 9.17) is 4.74 Å². The zero-order valence-electron chi connectivity index (χ0n) is 16.7. The smallest absolute Gasteiger partial charge is 0.191 e. The van der Waals surface area contributed by atoms with Crippen molar-refractivity contribution in [2.24, 2.45) is 10.9 Å². The fourth-order valence-electron chi connectivity index (χ4n) is 3.22. The van der Waals surface area contributed by atoms with E-state index in [1.807, 2.05) is 37.4 Å². The monoisotopic (exact) mass is 361 g/mol. The third-order valence-electron chi connectivity index (χ3n) is 4.89. The Morgan fingerprint density at radius 2 is 1.81 bits per heavy atom. The molecule has 0 aliphatic carbocycles. The maximum atomic E-state index is 5.71. The van der Waals surface area contributed by atoms with Gasteiger partial charge in [0.2, 0.25) is 0 Å². The minimum atomic E-state index is 0.516. The molecule has 6 heteroatoms. The van der Waals surface area contributed by atoms with Crippen LogP contribution in [0.1, 0.15) is 13.8 Å². The van der Waals surface area contributed by atoms with E-state index in [1.54, 1.807) is 0 Å². The second kappa shape index (κ2) is 11.0. The minimum absolute atomic E-state index is 0.516. The van der Waals surface area contributed by atoms with E-state index in [0.717, 1.165) is 51.0 Å². The van der Waals surface area contributed by atoms with Crippen LogP contribution < -0.4 is 15.4 Å². The number of hydrogen-bond donors (Lipinski definition) is 2. The van der Waals surface area contributed by atoms with Gasteiger partial charge in [-0.3, -0.25) is 9.89 Å². The first kappa shape index (κ1) is 20.5. The Morgan fingerprint density at radius 3 is 2.42 bits per heavy atom. The molecule has 1 saturated heterocycles. The number of guanidine groups is 1. The molecule has 1 aliphatic heterocycles. The summed E-state index contributed by atoms with van der Waals surface area (Å²) in [5.41, 5.74) is 0. The lowest BCUT2D eigenvalue weighted by Gasteiger charge is -2.40. The van der Waals surface area contributed by atoms with Crippen molar-refractivity contribution in [3.63, 3.8) is 0 Å². The largest absolute Gasteiger partial charge is 0.492 e. The molecule has 0 spiro atoms. The Balaban J connectivity index is 1.72. The van der Waals surface area contributed by atoms with Gasteiger partial charge in [-0.2, -0.15) is 0 Å². The van der Waals surface area contributed by atoms with Gasteiger partial charge in [0.1, 0.15) is 12.4 Å². The summed E-state index contributed by atoms with van der Waals surface area (Å²) in [7, 11) is 4.01. The molecule has 2 rings (SSSR count). The van der Waals surface area contributed by atoms with Crippen LogP contribution in [0.5, 0.6) is 5.75 Å². The van der Waals surface area contributed by atoms with Crippen LogP contribution in [0.4, 0.5) is 0 Å². The molecule has 1 unspecified atom stereocenters. The van der Waals surface area contributed by atoms with Crippen LogP contribution in [0.25, 0.3) is 0 Å². The predicted octanol–water partition coefficient (Wildman–Crippen LogP) is 1.50. The first-order valence-electron chi connectivity index (χ1n) is 9.65. The van der Waals surface area contributed by atoms with E-state index in [1.165, 1.54) is 0 Å². The molecule has 0 amide bonds. The van der Waals surface area contributed by atoms with E-state index in [0.29, 0.717) is 18.6 Å². The first-order chi connectivity index (χ1) is 12.6. The number of nitrogens with zero attached hydrogens (tertiary/aromatic N) is 3. The van der Waals surface area contributed by atoms with Gasteiger partial charge in [0, 0.05) is 45.8 Å². The van der Waals surface area contributed by atoms with Crippen LogP contribution in [-0.2, 0) is 0 Å². The fraction of sp³-hybridized carbons (Fsp3) is 0.650. The van der Waals surface area contributed by atoms with E-state index in [2.05, 4.69) is 46.3 Å². The van der Waals surface area contributed by atoms with Crippen LogP contribution in [0.3, 0.4) is 0 Å².